The zero-order chi connectivity index (χ0) is 22.0. The maximum atomic E-state index is 13.2. The lowest BCUT2D eigenvalue weighted by Gasteiger charge is -2.36. The normalized spacial score (nSPS) is 14.5. The Bertz CT molecular complexity index is 1060. The van der Waals surface area contributed by atoms with Crippen LogP contribution in [0.3, 0.4) is 0 Å². The van der Waals surface area contributed by atoms with Crippen molar-refractivity contribution in [1.82, 2.24) is 14.7 Å². The molecule has 0 spiro atoms. The van der Waals surface area contributed by atoms with Gasteiger partial charge in [0.2, 0.25) is 0 Å². The second-order valence-electron chi connectivity index (χ2n) is 7.10. The summed E-state index contributed by atoms with van der Waals surface area (Å²) in [5.41, 5.74) is 0.356. The molecule has 31 heavy (non-hydrogen) atoms. The van der Waals surface area contributed by atoms with Crippen LogP contribution in [0.2, 0.25) is 0 Å². The number of aromatic nitrogens is 2. The number of benzene rings is 2. The molecule has 1 aliphatic heterocycles. The lowest BCUT2D eigenvalue weighted by Crippen LogP contribution is -2.50. The number of carbonyl (C=O) groups is 1. The van der Waals surface area contributed by atoms with Crippen LogP contribution < -0.4 is 10.2 Å². The minimum Gasteiger partial charge on any atom is -0.508 e. The molecular formula is C21H20F3N5O2. The number of phenolic OH excluding ortho intramolecular Hbond substituents is 1. The molecule has 3 aromatic rings. The van der Waals surface area contributed by atoms with Crippen molar-refractivity contribution in [3.63, 3.8) is 0 Å². The van der Waals surface area contributed by atoms with Crippen LogP contribution in [-0.2, 0) is 6.18 Å². The Morgan fingerprint density at radius 3 is 2.45 bits per heavy atom. The highest BCUT2D eigenvalue weighted by Gasteiger charge is 2.32. The van der Waals surface area contributed by atoms with Gasteiger partial charge in [0.25, 0.3) is 0 Å². The van der Waals surface area contributed by atoms with Gasteiger partial charge in [0.1, 0.15) is 5.75 Å². The number of phenols is 1. The third kappa shape index (κ3) is 4.57. The van der Waals surface area contributed by atoms with Crippen LogP contribution in [0.4, 0.5) is 29.3 Å². The zero-order valence-electron chi connectivity index (χ0n) is 16.4. The molecule has 2 amide bonds. The molecule has 0 unspecified atom stereocenters. The van der Waals surface area contributed by atoms with Gasteiger partial charge >= 0.3 is 12.2 Å². The van der Waals surface area contributed by atoms with E-state index in [1.54, 1.807) is 35.4 Å². The maximum absolute atomic E-state index is 13.2. The van der Waals surface area contributed by atoms with Gasteiger partial charge < -0.3 is 20.2 Å². The Labute approximate surface area is 176 Å². The largest absolute Gasteiger partial charge is 0.508 e. The van der Waals surface area contributed by atoms with Crippen LogP contribution in [-0.4, -0.2) is 52.0 Å². The van der Waals surface area contributed by atoms with E-state index in [1.807, 2.05) is 11.0 Å². The van der Waals surface area contributed by atoms with Crippen LogP contribution in [0.15, 0.2) is 60.9 Å². The molecule has 162 valence electrons. The van der Waals surface area contributed by atoms with E-state index in [0.29, 0.717) is 31.9 Å². The first-order valence-electron chi connectivity index (χ1n) is 9.62. The molecule has 7 nitrogen and oxygen atoms in total. The third-order valence-electron chi connectivity index (χ3n) is 5.08. The topological polar surface area (TPSA) is 73.6 Å². The number of halogens is 3. The lowest BCUT2D eigenvalue weighted by atomic mass is 10.1. The van der Waals surface area contributed by atoms with Crippen molar-refractivity contribution in [2.75, 3.05) is 36.4 Å². The molecule has 1 aliphatic rings. The molecule has 1 fully saturated rings. The summed E-state index contributed by atoms with van der Waals surface area (Å²) >= 11 is 0. The number of hydrogen-bond donors (Lipinski definition) is 2. The molecule has 0 atom stereocenters. The van der Waals surface area contributed by atoms with Crippen LogP contribution in [0.5, 0.6) is 5.75 Å². The van der Waals surface area contributed by atoms with Gasteiger partial charge in [0, 0.05) is 50.3 Å². The van der Waals surface area contributed by atoms with Crippen LogP contribution in [0.1, 0.15) is 5.56 Å². The number of piperazine rings is 1. The fourth-order valence-electron chi connectivity index (χ4n) is 3.48. The molecule has 0 aliphatic carbocycles. The molecule has 0 saturated carbocycles. The second kappa shape index (κ2) is 8.21. The van der Waals surface area contributed by atoms with Crippen LogP contribution >= 0.6 is 0 Å². The molecular weight excluding hydrogens is 411 g/mol. The summed E-state index contributed by atoms with van der Waals surface area (Å²) in [4.78, 5) is 16.4. The van der Waals surface area contributed by atoms with Gasteiger partial charge in [-0.05, 0) is 36.4 Å². The Balaban J connectivity index is 1.49. The van der Waals surface area contributed by atoms with E-state index in [9.17, 15) is 23.1 Å². The average Bonchev–Trinajstić information content (AvgIpc) is 3.28. The highest BCUT2D eigenvalue weighted by atomic mass is 19.4. The number of aromatic hydroxyl groups is 1. The van der Waals surface area contributed by atoms with Crippen LogP contribution in [0.25, 0.3) is 5.69 Å². The first-order valence-corrected chi connectivity index (χ1v) is 9.62. The Hall–Kier alpha value is -3.69. The van der Waals surface area contributed by atoms with Crippen LogP contribution in [0, 0.1) is 0 Å². The second-order valence-corrected chi connectivity index (χ2v) is 7.10. The fourth-order valence-corrected chi connectivity index (χ4v) is 3.48. The Morgan fingerprint density at radius 2 is 1.81 bits per heavy atom. The van der Waals surface area contributed by atoms with Crippen molar-refractivity contribution in [2.45, 2.75) is 6.18 Å². The summed E-state index contributed by atoms with van der Waals surface area (Å²) < 4.78 is 41.0. The number of nitrogens with one attached hydrogen (secondary N) is 1. The molecule has 1 aromatic heterocycles. The Kier molecular flexibility index (Phi) is 5.45. The monoisotopic (exact) mass is 431 g/mol. The molecule has 0 bridgehead atoms. The van der Waals surface area contributed by atoms with E-state index in [-0.39, 0.29) is 11.4 Å². The molecule has 2 aromatic carbocycles. The Morgan fingerprint density at radius 1 is 1.03 bits per heavy atom. The van der Waals surface area contributed by atoms with E-state index in [1.165, 1.54) is 16.9 Å². The van der Waals surface area contributed by atoms with E-state index < -0.39 is 17.8 Å². The summed E-state index contributed by atoms with van der Waals surface area (Å²) in [6.45, 7) is 1.84. The molecule has 2 heterocycles. The van der Waals surface area contributed by atoms with Gasteiger partial charge in [-0.15, -0.1) is 0 Å². The van der Waals surface area contributed by atoms with Gasteiger partial charge in [0.15, 0.2) is 0 Å². The minimum absolute atomic E-state index is 0.0268. The summed E-state index contributed by atoms with van der Waals surface area (Å²) in [7, 11) is 0. The number of anilines is 2. The average molecular weight is 431 g/mol. The van der Waals surface area contributed by atoms with Gasteiger partial charge in [-0.1, -0.05) is 6.07 Å². The van der Waals surface area contributed by atoms with Gasteiger partial charge in [-0.2, -0.15) is 18.3 Å². The number of rotatable bonds is 3. The van der Waals surface area contributed by atoms with Crippen molar-refractivity contribution in [3.05, 3.63) is 66.5 Å². The number of amides is 2. The highest BCUT2D eigenvalue weighted by Crippen LogP contribution is 2.33. The standard InChI is InChI=1S/C21H20F3N5O2/c22-21(23,24)15-5-6-19(29-8-2-7-25-29)18(13-15)26-20(31)28-11-9-27(10-12-28)16-3-1-4-17(30)14-16/h1-8,13-14,30H,9-12H2,(H,26,31). The zero-order valence-corrected chi connectivity index (χ0v) is 16.4. The smallest absolute Gasteiger partial charge is 0.416 e. The highest BCUT2D eigenvalue weighted by molar-refractivity contribution is 5.92. The summed E-state index contributed by atoms with van der Waals surface area (Å²) in [5, 5.41) is 16.3. The van der Waals surface area contributed by atoms with E-state index >= 15 is 0 Å². The summed E-state index contributed by atoms with van der Waals surface area (Å²) in [6.07, 6.45) is -1.44. The number of urea groups is 1. The van der Waals surface area contributed by atoms with Gasteiger partial charge in [-0.25, -0.2) is 9.48 Å². The summed E-state index contributed by atoms with van der Waals surface area (Å²) in [5.74, 6) is 0.161. The van der Waals surface area contributed by atoms with Crippen molar-refractivity contribution >= 4 is 17.4 Å². The van der Waals surface area contributed by atoms with E-state index in [2.05, 4.69) is 10.4 Å². The van der Waals surface area contributed by atoms with Crippen molar-refractivity contribution in [2.24, 2.45) is 0 Å². The molecule has 2 N–H and O–H groups in total. The van der Waals surface area contributed by atoms with Crippen molar-refractivity contribution < 1.29 is 23.1 Å². The fraction of sp³-hybridized carbons (Fsp3) is 0.238. The number of alkyl halides is 3. The predicted octanol–water partition coefficient (Wildman–Crippen LogP) is 3.95. The SMILES string of the molecule is O=C(Nc1cc(C(F)(F)F)ccc1-n1cccn1)N1CCN(c2cccc(O)c2)CC1. The lowest BCUT2D eigenvalue weighted by molar-refractivity contribution is -0.137. The number of nitrogens with zero attached hydrogens (tertiary/aromatic N) is 4. The number of hydrogen-bond acceptors (Lipinski definition) is 4. The first-order chi connectivity index (χ1) is 14.8. The van der Waals surface area contributed by atoms with E-state index in [4.69, 9.17) is 0 Å². The van der Waals surface area contributed by atoms with Gasteiger partial charge in [-0.3, -0.25) is 0 Å². The van der Waals surface area contributed by atoms with E-state index in [0.717, 1.165) is 17.8 Å². The maximum Gasteiger partial charge on any atom is 0.416 e. The predicted molar refractivity (Wildman–Crippen MR) is 109 cm³/mol. The quantitative estimate of drug-likeness (QED) is 0.659. The van der Waals surface area contributed by atoms with Gasteiger partial charge in [0.05, 0.1) is 16.9 Å². The number of carbonyl (C=O) groups excluding carboxylic acids is 1. The van der Waals surface area contributed by atoms with Crippen molar-refractivity contribution in [3.8, 4) is 11.4 Å². The molecule has 4 rings (SSSR count). The summed E-state index contributed by atoms with van der Waals surface area (Å²) in [6, 6.07) is 11.2. The molecule has 1 saturated heterocycles. The molecule has 0 radical (unpaired) electrons. The first kappa shape index (κ1) is 20.6. The molecule has 10 heteroatoms. The third-order valence-corrected chi connectivity index (χ3v) is 5.08. The van der Waals surface area contributed by atoms with Crippen molar-refractivity contribution in [1.29, 1.82) is 0 Å². The minimum atomic E-state index is -4.53.